The lowest BCUT2D eigenvalue weighted by molar-refractivity contribution is -0.146. The molecule has 82 valence electrons. The molecule has 0 amide bonds. The molecule has 0 heterocycles. The lowest BCUT2D eigenvalue weighted by Crippen LogP contribution is -2.13. The molecule has 0 aliphatic carbocycles. The maximum Gasteiger partial charge on any atom is 0.310 e. The van der Waals surface area contributed by atoms with E-state index in [2.05, 4.69) is 0 Å². The van der Waals surface area contributed by atoms with Gasteiger partial charge >= 0.3 is 5.97 Å². The van der Waals surface area contributed by atoms with Gasteiger partial charge in [0.1, 0.15) is 11.6 Å². The zero-order chi connectivity index (χ0) is 11.4. The third kappa shape index (κ3) is 3.58. The third-order valence-corrected chi connectivity index (χ3v) is 1.74. The number of hydrogen-bond acceptors (Lipinski definition) is 3. The quantitative estimate of drug-likeness (QED) is 0.780. The SMILES string of the molecule is CC(C)OC(=O)Cc1cc(F)ccc1O. The van der Waals surface area contributed by atoms with Gasteiger partial charge in [-0.05, 0) is 32.0 Å². The van der Waals surface area contributed by atoms with Crippen molar-refractivity contribution in [2.45, 2.75) is 26.4 Å². The molecule has 0 aromatic heterocycles. The van der Waals surface area contributed by atoms with Gasteiger partial charge in [-0.25, -0.2) is 4.39 Å². The standard InChI is InChI=1S/C11H13FO3/c1-7(2)15-11(14)6-8-5-9(12)3-4-10(8)13/h3-5,7,13H,6H2,1-2H3. The lowest BCUT2D eigenvalue weighted by atomic mass is 10.1. The van der Waals surface area contributed by atoms with Crippen molar-refractivity contribution in [2.24, 2.45) is 0 Å². The molecule has 0 atom stereocenters. The summed E-state index contributed by atoms with van der Waals surface area (Å²) >= 11 is 0. The van der Waals surface area contributed by atoms with Gasteiger partial charge in [-0.1, -0.05) is 0 Å². The highest BCUT2D eigenvalue weighted by Crippen LogP contribution is 2.18. The van der Waals surface area contributed by atoms with E-state index >= 15 is 0 Å². The molecule has 0 aliphatic heterocycles. The molecule has 3 nitrogen and oxygen atoms in total. The van der Waals surface area contributed by atoms with Gasteiger partial charge in [0.25, 0.3) is 0 Å². The second-order valence-corrected chi connectivity index (χ2v) is 3.49. The Bertz CT molecular complexity index is 361. The van der Waals surface area contributed by atoms with Crippen LogP contribution in [0.15, 0.2) is 18.2 Å². The Hall–Kier alpha value is -1.58. The van der Waals surface area contributed by atoms with Gasteiger partial charge in [-0.3, -0.25) is 4.79 Å². The molecule has 0 aliphatic rings. The zero-order valence-corrected chi connectivity index (χ0v) is 8.66. The first-order valence-electron chi connectivity index (χ1n) is 4.66. The van der Waals surface area contributed by atoms with Gasteiger partial charge in [0.2, 0.25) is 0 Å². The topological polar surface area (TPSA) is 46.5 Å². The summed E-state index contributed by atoms with van der Waals surface area (Å²) in [5.41, 5.74) is 0.237. The predicted octanol–water partition coefficient (Wildman–Crippen LogP) is 2.03. The van der Waals surface area contributed by atoms with E-state index in [-0.39, 0.29) is 23.8 Å². The molecule has 0 saturated carbocycles. The molecule has 0 unspecified atom stereocenters. The molecular formula is C11H13FO3. The lowest BCUT2D eigenvalue weighted by Gasteiger charge is -2.08. The van der Waals surface area contributed by atoms with Crippen molar-refractivity contribution in [3.63, 3.8) is 0 Å². The second-order valence-electron chi connectivity index (χ2n) is 3.49. The molecule has 1 N–H and O–H groups in total. The Morgan fingerprint density at radius 1 is 1.53 bits per heavy atom. The molecular weight excluding hydrogens is 199 g/mol. The highest BCUT2D eigenvalue weighted by atomic mass is 19.1. The second kappa shape index (κ2) is 4.77. The number of aromatic hydroxyl groups is 1. The van der Waals surface area contributed by atoms with Crippen molar-refractivity contribution in [1.29, 1.82) is 0 Å². The average Bonchev–Trinajstić information content (AvgIpc) is 2.10. The number of rotatable bonds is 3. The van der Waals surface area contributed by atoms with Crippen LogP contribution in [-0.2, 0) is 16.0 Å². The van der Waals surface area contributed by atoms with Crippen molar-refractivity contribution < 1.29 is 19.0 Å². The molecule has 0 fully saturated rings. The summed E-state index contributed by atoms with van der Waals surface area (Å²) in [6.07, 6.45) is -0.338. The Morgan fingerprint density at radius 3 is 2.80 bits per heavy atom. The smallest absolute Gasteiger partial charge is 0.310 e. The number of halogens is 1. The van der Waals surface area contributed by atoms with Gasteiger partial charge in [0.05, 0.1) is 12.5 Å². The molecule has 0 saturated heterocycles. The number of hydrogen-bond donors (Lipinski definition) is 1. The molecule has 4 heteroatoms. The van der Waals surface area contributed by atoms with E-state index in [1.165, 1.54) is 6.07 Å². The van der Waals surface area contributed by atoms with Crippen LogP contribution in [0, 0.1) is 5.82 Å². The molecule has 15 heavy (non-hydrogen) atoms. The Kier molecular flexibility index (Phi) is 3.66. The fourth-order valence-electron chi connectivity index (χ4n) is 1.16. The number of carbonyl (C=O) groups is 1. The summed E-state index contributed by atoms with van der Waals surface area (Å²) < 4.78 is 17.7. The van der Waals surface area contributed by atoms with Crippen LogP contribution < -0.4 is 0 Å². The van der Waals surface area contributed by atoms with Crippen molar-refractivity contribution in [1.82, 2.24) is 0 Å². The third-order valence-electron chi connectivity index (χ3n) is 1.74. The normalized spacial score (nSPS) is 10.4. The highest BCUT2D eigenvalue weighted by molar-refractivity contribution is 5.73. The van der Waals surface area contributed by atoms with Crippen LogP contribution in [0.3, 0.4) is 0 Å². The Balaban J connectivity index is 2.71. The largest absolute Gasteiger partial charge is 0.508 e. The number of ether oxygens (including phenoxy) is 1. The van der Waals surface area contributed by atoms with Crippen LogP contribution in [0.25, 0.3) is 0 Å². The molecule has 0 radical (unpaired) electrons. The van der Waals surface area contributed by atoms with Crippen LogP contribution >= 0.6 is 0 Å². The van der Waals surface area contributed by atoms with Crippen LogP contribution in [0.4, 0.5) is 4.39 Å². The van der Waals surface area contributed by atoms with Crippen molar-refractivity contribution in [2.75, 3.05) is 0 Å². The summed E-state index contributed by atoms with van der Waals surface area (Å²) in [6.45, 7) is 3.45. The van der Waals surface area contributed by atoms with Crippen molar-refractivity contribution >= 4 is 5.97 Å². The number of phenolic OH excluding ortho intramolecular Hbond substituents is 1. The Morgan fingerprint density at radius 2 is 2.20 bits per heavy atom. The summed E-state index contributed by atoms with van der Waals surface area (Å²) in [5.74, 6) is -1.07. The maximum absolute atomic E-state index is 12.8. The van der Waals surface area contributed by atoms with Crippen LogP contribution in [-0.4, -0.2) is 17.2 Å². The fraction of sp³-hybridized carbons (Fsp3) is 0.364. The fourth-order valence-corrected chi connectivity index (χ4v) is 1.16. The number of phenols is 1. The Labute approximate surface area is 87.5 Å². The molecule has 0 bridgehead atoms. The number of benzene rings is 1. The van der Waals surface area contributed by atoms with Crippen LogP contribution in [0.1, 0.15) is 19.4 Å². The van der Waals surface area contributed by atoms with E-state index in [0.717, 1.165) is 12.1 Å². The van der Waals surface area contributed by atoms with Gasteiger partial charge in [-0.2, -0.15) is 0 Å². The van der Waals surface area contributed by atoms with Gasteiger partial charge in [-0.15, -0.1) is 0 Å². The maximum atomic E-state index is 12.8. The average molecular weight is 212 g/mol. The van der Waals surface area contributed by atoms with E-state index in [1.807, 2.05) is 0 Å². The first kappa shape index (κ1) is 11.5. The summed E-state index contributed by atoms with van der Waals surface area (Å²) in [5, 5.41) is 9.34. The van der Waals surface area contributed by atoms with Crippen LogP contribution in [0.2, 0.25) is 0 Å². The van der Waals surface area contributed by atoms with Crippen LogP contribution in [0.5, 0.6) is 5.75 Å². The van der Waals surface area contributed by atoms with Crippen molar-refractivity contribution in [3.8, 4) is 5.75 Å². The summed E-state index contributed by atoms with van der Waals surface area (Å²) in [4.78, 5) is 11.2. The zero-order valence-electron chi connectivity index (χ0n) is 8.66. The summed E-state index contributed by atoms with van der Waals surface area (Å²) in [7, 11) is 0. The highest BCUT2D eigenvalue weighted by Gasteiger charge is 2.11. The minimum Gasteiger partial charge on any atom is -0.508 e. The first-order chi connectivity index (χ1) is 6.99. The van der Waals surface area contributed by atoms with Crippen molar-refractivity contribution in [3.05, 3.63) is 29.6 Å². The molecule has 1 rings (SSSR count). The van der Waals surface area contributed by atoms with Gasteiger partial charge in [0, 0.05) is 5.56 Å². The first-order valence-corrected chi connectivity index (χ1v) is 4.66. The van der Waals surface area contributed by atoms with E-state index in [9.17, 15) is 14.3 Å². The van der Waals surface area contributed by atoms with Gasteiger partial charge in [0.15, 0.2) is 0 Å². The summed E-state index contributed by atoms with van der Waals surface area (Å²) in [6, 6.07) is 3.47. The minimum absolute atomic E-state index is 0.0999. The van der Waals surface area contributed by atoms with E-state index in [1.54, 1.807) is 13.8 Å². The van der Waals surface area contributed by atoms with E-state index in [4.69, 9.17) is 4.74 Å². The number of carbonyl (C=O) groups excluding carboxylic acids is 1. The molecule has 1 aromatic carbocycles. The number of esters is 1. The predicted molar refractivity (Wildman–Crippen MR) is 53.0 cm³/mol. The van der Waals surface area contributed by atoms with E-state index < -0.39 is 11.8 Å². The molecule has 1 aromatic rings. The monoisotopic (exact) mass is 212 g/mol. The minimum atomic E-state index is -0.486. The molecule has 0 spiro atoms. The van der Waals surface area contributed by atoms with Gasteiger partial charge < -0.3 is 9.84 Å². The van der Waals surface area contributed by atoms with E-state index in [0.29, 0.717) is 0 Å².